The SMILES string of the molecule is CC(=O)NCCNc1ccc(N)cc1F. The molecule has 0 aromatic heterocycles. The van der Waals surface area contributed by atoms with Gasteiger partial charge in [0.05, 0.1) is 5.69 Å². The summed E-state index contributed by atoms with van der Waals surface area (Å²) in [7, 11) is 0. The van der Waals surface area contributed by atoms with Crippen molar-refractivity contribution in [2.75, 3.05) is 24.1 Å². The van der Waals surface area contributed by atoms with Crippen LogP contribution in [-0.4, -0.2) is 19.0 Å². The van der Waals surface area contributed by atoms with Gasteiger partial charge in [0.2, 0.25) is 5.91 Å². The second kappa shape index (κ2) is 5.19. The van der Waals surface area contributed by atoms with E-state index < -0.39 is 5.82 Å². The number of amides is 1. The van der Waals surface area contributed by atoms with Crippen LogP contribution in [0.5, 0.6) is 0 Å². The largest absolute Gasteiger partial charge is 0.399 e. The fraction of sp³-hybridized carbons (Fsp3) is 0.300. The van der Waals surface area contributed by atoms with E-state index in [1.54, 1.807) is 12.1 Å². The van der Waals surface area contributed by atoms with Crippen LogP contribution in [0, 0.1) is 5.82 Å². The van der Waals surface area contributed by atoms with E-state index in [-0.39, 0.29) is 5.91 Å². The minimum atomic E-state index is -0.391. The van der Waals surface area contributed by atoms with Crippen LogP contribution in [0.15, 0.2) is 18.2 Å². The monoisotopic (exact) mass is 211 g/mol. The Balaban J connectivity index is 2.40. The molecule has 15 heavy (non-hydrogen) atoms. The number of carbonyl (C=O) groups excluding carboxylic acids is 1. The summed E-state index contributed by atoms with van der Waals surface area (Å²) in [4.78, 5) is 10.5. The van der Waals surface area contributed by atoms with Gasteiger partial charge in [-0.3, -0.25) is 4.79 Å². The summed E-state index contributed by atoms with van der Waals surface area (Å²) in [6, 6.07) is 4.43. The number of hydrogen-bond acceptors (Lipinski definition) is 3. The molecule has 1 rings (SSSR count). The van der Waals surface area contributed by atoms with Crippen LogP contribution in [0.2, 0.25) is 0 Å². The van der Waals surface area contributed by atoms with Crippen LogP contribution in [-0.2, 0) is 4.79 Å². The number of carbonyl (C=O) groups is 1. The highest BCUT2D eigenvalue weighted by Gasteiger charge is 2.00. The van der Waals surface area contributed by atoms with Gasteiger partial charge in [-0.25, -0.2) is 4.39 Å². The summed E-state index contributed by atoms with van der Waals surface area (Å²) in [5.74, 6) is -0.493. The Kier molecular flexibility index (Phi) is 3.91. The molecule has 4 nitrogen and oxygen atoms in total. The molecule has 0 unspecified atom stereocenters. The molecule has 1 aromatic rings. The van der Waals surface area contributed by atoms with Gasteiger partial charge in [-0.2, -0.15) is 0 Å². The molecule has 0 saturated heterocycles. The zero-order valence-electron chi connectivity index (χ0n) is 8.51. The number of nitrogen functional groups attached to an aromatic ring is 1. The quantitative estimate of drug-likeness (QED) is 0.513. The predicted octanol–water partition coefficient (Wildman–Crippen LogP) is 0.956. The third-order valence-corrected chi connectivity index (χ3v) is 1.81. The highest BCUT2D eigenvalue weighted by Crippen LogP contribution is 2.16. The van der Waals surface area contributed by atoms with Crippen molar-refractivity contribution in [2.24, 2.45) is 0 Å². The first-order valence-electron chi connectivity index (χ1n) is 4.63. The van der Waals surface area contributed by atoms with Gasteiger partial charge in [0.25, 0.3) is 0 Å². The molecule has 0 aliphatic rings. The van der Waals surface area contributed by atoms with Gasteiger partial charge in [-0.15, -0.1) is 0 Å². The van der Waals surface area contributed by atoms with Crippen LogP contribution in [0.25, 0.3) is 0 Å². The number of hydrogen-bond donors (Lipinski definition) is 3. The second-order valence-electron chi connectivity index (χ2n) is 3.15. The summed E-state index contributed by atoms with van der Waals surface area (Å²) in [5.41, 5.74) is 6.17. The fourth-order valence-electron chi connectivity index (χ4n) is 1.11. The van der Waals surface area contributed by atoms with Crippen LogP contribution >= 0.6 is 0 Å². The molecule has 0 radical (unpaired) electrons. The zero-order valence-corrected chi connectivity index (χ0v) is 8.51. The van der Waals surface area contributed by atoms with E-state index in [9.17, 15) is 9.18 Å². The van der Waals surface area contributed by atoms with E-state index in [0.29, 0.717) is 24.5 Å². The highest BCUT2D eigenvalue weighted by molar-refractivity contribution is 5.72. The smallest absolute Gasteiger partial charge is 0.216 e. The van der Waals surface area contributed by atoms with E-state index >= 15 is 0 Å². The van der Waals surface area contributed by atoms with Gasteiger partial charge in [0.1, 0.15) is 5.82 Å². The van der Waals surface area contributed by atoms with Crippen LogP contribution in [0.3, 0.4) is 0 Å². The lowest BCUT2D eigenvalue weighted by Crippen LogP contribution is -2.26. The average molecular weight is 211 g/mol. The Labute approximate surface area is 87.7 Å². The molecule has 0 bridgehead atoms. The van der Waals surface area contributed by atoms with Crippen molar-refractivity contribution < 1.29 is 9.18 Å². The van der Waals surface area contributed by atoms with Crippen LogP contribution < -0.4 is 16.4 Å². The molecule has 0 atom stereocenters. The molecular formula is C10H14FN3O. The minimum absolute atomic E-state index is 0.102. The van der Waals surface area contributed by atoms with Crippen molar-refractivity contribution in [3.8, 4) is 0 Å². The van der Waals surface area contributed by atoms with E-state index in [0.717, 1.165) is 0 Å². The number of nitrogens with two attached hydrogens (primary N) is 1. The predicted molar refractivity (Wildman–Crippen MR) is 58.0 cm³/mol. The lowest BCUT2D eigenvalue weighted by Gasteiger charge is -2.08. The molecular weight excluding hydrogens is 197 g/mol. The first-order valence-corrected chi connectivity index (χ1v) is 4.63. The van der Waals surface area contributed by atoms with Crippen LogP contribution in [0.4, 0.5) is 15.8 Å². The molecule has 4 N–H and O–H groups in total. The molecule has 0 aliphatic carbocycles. The number of nitrogens with one attached hydrogen (secondary N) is 2. The maximum atomic E-state index is 13.2. The van der Waals surface area contributed by atoms with Crippen molar-refractivity contribution in [1.82, 2.24) is 5.32 Å². The Bertz CT molecular complexity index is 355. The van der Waals surface area contributed by atoms with Gasteiger partial charge in [-0.05, 0) is 18.2 Å². The first-order chi connectivity index (χ1) is 7.09. The molecule has 0 heterocycles. The molecule has 0 aliphatic heterocycles. The first kappa shape index (κ1) is 11.3. The molecule has 82 valence electrons. The fourth-order valence-corrected chi connectivity index (χ4v) is 1.11. The van der Waals surface area contributed by atoms with E-state index in [2.05, 4.69) is 10.6 Å². The lowest BCUT2D eigenvalue weighted by atomic mass is 10.2. The Morgan fingerprint density at radius 1 is 1.47 bits per heavy atom. The van der Waals surface area contributed by atoms with E-state index in [1.165, 1.54) is 13.0 Å². The Hall–Kier alpha value is -1.78. The maximum Gasteiger partial charge on any atom is 0.216 e. The maximum absolute atomic E-state index is 13.2. The van der Waals surface area contributed by atoms with Gasteiger partial charge in [-0.1, -0.05) is 0 Å². The van der Waals surface area contributed by atoms with Crippen molar-refractivity contribution in [3.63, 3.8) is 0 Å². The molecule has 0 saturated carbocycles. The molecule has 1 amide bonds. The number of benzene rings is 1. The minimum Gasteiger partial charge on any atom is -0.399 e. The van der Waals surface area contributed by atoms with Gasteiger partial charge in [0, 0.05) is 25.7 Å². The summed E-state index contributed by atoms with van der Waals surface area (Å²) >= 11 is 0. The van der Waals surface area contributed by atoms with Gasteiger partial charge in [0.15, 0.2) is 0 Å². The molecule has 0 spiro atoms. The number of rotatable bonds is 4. The lowest BCUT2D eigenvalue weighted by molar-refractivity contribution is -0.118. The highest BCUT2D eigenvalue weighted by atomic mass is 19.1. The Morgan fingerprint density at radius 3 is 2.80 bits per heavy atom. The van der Waals surface area contributed by atoms with Crippen molar-refractivity contribution in [3.05, 3.63) is 24.0 Å². The summed E-state index contributed by atoms with van der Waals surface area (Å²) in [5, 5.41) is 5.45. The van der Waals surface area contributed by atoms with E-state index in [1.807, 2.05) is 0 Å². The second-order valence-corrected chi connectivity index (χ2v) is 3.15. The van der Waals surface area contributed by atoms with Crippen LogP contribution in [0.1, 0.15) is 6.92 Å². The Morgan fingerprint density at radius 2 is 2.20 bits per heavy atom. The van der Waals surface area contributed by atoms with Gasteiger partial charge < -0.3 is 16.4 Å². The van der Waals surface area contributed by atoms with Crippen molar-refractivity contribution in [2.45, 2.75) is 6.92 Å². The van der Waals surface area contributed by atoms with Crippen molar-refractivity contribution >= 4 is 17.3 Å². The average Bonchev–Trinajstić information content (AvgIpc) is 2.14. The number of anilines is 2. The summed E-state index contributed by atoms with van der Waals surface area (Å²) in [6.07, 6.45) is 0. The zero-order chi connectivity index (χ0) is 11.3. The van der Waals surface area contributed by atoms with Crippen molar-refractivity contribution in [1.29, 1.82) is 0 Å². The van der Waals surface area contributed by atoms with Gasteiger partial charge >= 0.3 is 0 Å². The topological polar surface area (TPSA) is 67.2 Å². The summed E-state index contributed by atoms with van der Waals surface area (Å²) < 4.78 is 13.2. The van der Waals surface area contributed by atoms with E-state index in [4.69, 9.17) is 5.73 Å². The molecule has 1 aromatic carbocycles. The third-order valence-electron chi connectivity index (χ3n) is 1.81. The third kappa shape index (κ3) is 3.84. The normalized spacial score (nSPS) is 9.73. The standard InChI is InChI=1S/C10H14FN3O/c1-7(15)13-4-5-14-10-3-2-8(12)6-9(10)11/h2-3,6,14H,4-5,12H2,1H3,(H,13,15). The summed E-state index contributed by atoms with van der Waals surface area (Å²) in [6.45, 7) is 2.36. The number of halogens is 1. The molecule has 5 heteroatoms. The molecule has 0 fully saturated rings.